The first-order valence-electron chi connectivity index (χ1n) is 8.96. The van der Waals surface area contributed by atoms with Gasteiger partial charge in [0.05, 0.1) is 12.0 Å². The van der Waals surface area contributed by atoms with E-state index in [-0.39, 0.29) is 17.4 Å². The highest BCUT2D eigenvalue weighted by atomic mass is 35.5. The van der Waals surface area contributed by atoms with Crippen molar-refractivity contribution in [2.45, 2.75) is 37.5 Å². The van der Waals surface area contributed by atoms with Crippen LogP contribution in [0, 0.1) is 11.3 Å². The maximum Gasteiger partial charge on any atom is 0.0867 e. The normalized spacial score (nSPS) is 22.4. The number of nitrogens with zero attached hydrogens (tertiary/aromatic N) is 1. The van der Waals surface area contributed by atoms with Crippen LogP contribution in [-0.4, -0.2) is 22.1 Å². The Labute approximate surface area is 175 Å². The Kier molecular flexibility index (Phi) is 6.42. The van der Waals surface area contributed by atoms with Gasteiger partial charge in [0.25, 0.3) is 0 Å². The number of aliphatic hydroxyl groups excluding tert-OH is 1. The highest BCUT2D eigenvalue weighted by Crippen LogP contribution is 2.52. The zero-order chi connectivity index (χ0) is 19.6. The Bertz CT molecular complexity index is 821. The summed E-state index contributed by atoms with van der Waals surface area (Å²) in [4.78, 5) is 5.15. The third-order valence-electron chi connectivity index (χ3n) is 5.45. The number of aromatic nitrogens is 1. The number of hydrogen-bond acceptors (Lipinski definition) is 4. The van der Waals surface area contributed by atoms with Gasteiger partial charge < -0.3 is 10.4 Å². The van der Waals surface area contributed by atoms with Gasteiger partial charge in [0.15, 0.2) is 0 Å². The second-order valence-corrected chi connectivity index (χ2v) is 9.29. The Morgan fingerprint density at radius 1 is 1.19 bits per heavy atom. The lowest BCUT2D eigenvalue weighted by Gasteiger charge is -2.40. The number of rotatable bonds is 6. The molecule has 2 aromatic rings. The van der Waals surface area contributed by atoms with E-state index in [0.29, 0.717) is 16.0 Å². The molecule has 3 nitrogen and oxygen atoms in total. The van der Waals surface area contributed by atoms with Crippen molar-refractivity contribution in [3.63, 3.8) is 0 Å². The van der Waals surface area contributed by atoms with Crippen LogP contribution < -0.4 is 5.32 Å². The molecular weight excluding hydrogens is 399 g/mol. The number of halogens is 2. The first-order valence-corrected chi connectivity index (χ1v) is 10.6. The van der Waals surface area contributed by atoms with E-state index in [2.05, 4.69) is 43.2 Å². The minimum atomic E-state index is -0.154. The first kappa shape index (κ1) is 20.5. The molecule has 1 aliphatic heterocycles. The van der Waals surface area contributed by atoms with Gasteiger partial charge in [-0.05, 0) is 60.7 Å². The van der Waals surface area contributed by atoms with Crippen molar-refractivity contribution in [2.24, 2.45) is 11.3 Å². The Morgan fingerprint density at radius 2 is 1.81 bits per heavy atom. The molecule has 3 rings (SSSR count). The molecule has 0 fully saturated rings. The van der Waals surface area contributed by atoms with Crippen molar-refractivity contribution in [1.82, 2.24) is 10.3 Å². The molecule has 1 aromatic heterocycles. The molecule has 0 saturated heterocycles. The first-order chi connectivity index (χ1) is 12.9. The molecule has 0 radical (unpaired) electrons. The van der Waals surface area contributed by atoms with Crippen LogP contribution in [0.15, 0.2) is 58.9 Å². The van der Waals surface area contributed by atoms with Crippen LogP contribution in [0.1, 0.15) is 26.3 Å². The molecule has 0 saturated carbocycles. The zero-order valence-corrected chi connectivity index (χ0v) is 18.0. The largest absolute Gasteiger partial charge is 0.390 e. The molecule has 6 heteroatoms. The molecule has 2 heterocycles. The molecule has 144 valence electrons. The molecular formula is C21H24Cl2N2OS. The second-order valence-electron chi connectivity index (χ2n) is 7.24. The summed E-state index contributed by atoms with van der Waals surface area (Å²) in [6, 6.07) is 9.73. The lowest BCUT2D eigenvalue weighted by molar-refractivity contribution is 0.241. The molecule has 0 amide bonds. The van der Waals surface area contributed by atoms with E-state index in [1.54, 1.807) is 17.8 Å². The summed E-state index contributed by atoms with van der Waals surface area (Å²) in [6.45, 7) is 6.62. The Morgan fingerprint density at radius 3 is 2.37 bits per heavy atom. The number of aliphatic hydroxyl groups is 1. The minimum absolute atomic E-state index is 0.00398. The zero-order valence-electron chi connectivity index (χ0n) is 15.7. The van der Waals surface area contributed by atoms with Gasteiger partial charge >= 0.3 is 0 Å². The number of hydrogen-bond donors (Lipinski definition) is 2. The van der Waals surface area contributed by atoms with Crippen LogP contribution in [-0.2, 0) is 6.42 Å². The van der Waals surface area contributed by atoms with E-state index in [1.807, 2.05) is 24.5 Å². The molecule has 2 unspecified atom stereocenters. The van der Waals surface area contributed by atoms with Crippen LogP contribution in [0.4, 0.5) is 0 Å². The van der Waals surface area contributed by atoms with Crippen molar-refractivity contribution in [1.29, 1.82) is 0 Å². The summed E-state index contributed by atoms with van der Waals surface area (Å²) in [5.41, 5.74) is 3.19. The quantitative estimate of drug-likeness (QED) is 0.639. The predicted octanol–water partition coefficient (Wildman–Crippen LogP) is 5.56. The Hall–Kier alpha value is -1.20. The van der Waals surface area contributed by atoms with Crippen molar-refractivity contribution >= 4 is 35.0 Å². The number of nitrogens with one attached hydrogen (secondary N) is 1. The van der Waals surface area contributed by atoms with Crippen LogP contribution in [0.2, 0.25) is 10.0 Å². The Balaban J connectivity index is 2.02. The molecule has 2 atom stereocenters. The highest BCUT2D eigenvalue weighted by molar-refractivity contribution is 8.00. The smallest absolute Gasteiger partial charge is 0.0867 e. The van der Waals surface area contributed by atoms with Gasteiger partial charge in [-0.25, -0.2) is 0 Å². The molecule has 2 N–H and O–H groups in total. The fourth-order valence-electron chi connectivity index (χ4n) is 3.91. The van der Waals surface area contributed by atoms with Gasteiger partial charge in [0.2, 0.25) is 0 Å². The topological polar surface area (TPSA) is 45.1 Å². The summed E-state index contributed by atoms with van der Waals surface area (Å²) >= 11 is 14.1. The van der Waals surface area contributed by atoms with Gasteiger partial charge in [-0.2, -0.15) is 0 Å². The number of pyridine rings is 1. The molecule has 0 spiro atoms. The minimum Gasteiger partial charge on any atom is -0.390 e. The predicted molar refractivity (Wildman–Crippen MR) is 114 cm³/mol. The van der Waals surface area contributed by atoms with Gasteiger partial charge in [0.1, 0.15) is 0 Å². The highest BCUT2D eigenvalue weighted by Gasteiger charge is 2.49. The third kappa shape index (κ3) is 4.14. The SMILES string of the molecule is CC1=C(CO)NC(Sc2cc(Cl)cc(Cl)c2)C1(Cc1ccncc1)C(C)C. The summed E-state index contributed by atoms with van der Waals surface area (Å²) in [7, 11) is 0. The third-order valence-corrected chi connectivity index (χ3v) is 7.17. The standard InChI is InChI=1S/C21H24Cl2N2OS/c1-13(2)21(11-15-4-6-24-7-5-15)14(3)19(12-26)25-20(21)27-18-9-16(22)8-17(23)10-18/h4-10,13,20,25-26H,11-12H2,1-3H3. The maximum absolute atomic E-state index is 9.91. The van der Waals surface area contributed by atoms with E-state index >= 15 is 0 Å². The molecule has 27 heavy (non-hydrogen) atoms. The van der Waals surface area contributed by atoms with Crippen LogP contribution in [0.25, 0.3) is 0 Å². The fourth-order valence-corrected chi connectivity index (χ4v) is 6.17. The van der Waals surface area contributed by atoms with Gasteiger partial charge in [-0.1, -0.05) is 37.0 Å². The van der Waals surface area contributed by atoms with Gasteiger partial charge in [-0.3, -0.25) is 4.98 Å². The average Bonchev–Trinajstić information content (AvgIpc) is 2.88. The maximum atomic E-state index is 9.91. The fraction of sp³-hybridized carbons (Fsp3) is 0.381. The van der Waals surface area contributed by atoms with Gasteiger partial charge in [-0.15, -0.1) is 11.8 Å². The summed E-state index contributed by atoms with van der Waals surface area (Å²) in [5.74, 6) is 0.356. The molecule has 0 aliphatic carbocycles. The van der Waals surface area contributed by atoms with Crippen LogP contribution in [0.3, 0.4) is 0 Å². The van der Waals surface area contributed by atoms with E-state index in [1.165, 1.54) is 11.1 Å². The number of benzene rings is 1. The summed E-state index contributed by atoms with van der Waals surface area (Å²) < 4.78 is 0. The van der Waals surface area contributed by atoms with Gasteiger partial charge in [0, 0.05) is 38.4 Å². The summed E-state index contributed by atoms with van der Waals surface area (Å²) in [6.07, 6.45) is 4.52. The van der Waals surface area contributed by atoms with Crippen molar-refractivity contribution in [3.05, 3.63) is 69.6 Å². The van der Waals surface area contributed by atoms with E-state index in [4.69, 9.17) is 23.2 Å². The molecule has 1 aromatic carbocycles. The van der Waals surface area contributed by atoms with Crippen LogP contribution in [0.5, 0.6) is 0 Å². The monoisotopic (exact) mass is 422 g/mol. The van der Waals surface area contributed by atoms with E-state index < -0.39 is 0 Å². The molecule has 0 bridgehead atoms. The van der Waals surface area contributed by atoms with Crippen LogP contribution >= 0.6 is 35.0 Å². The average molecular weight is 423 g/mol. The lowest BCUT2D eigenvalue weighted by atomic mass is 9.69. The van der Waals surface area contributed by atoms with E-state index in [9.17, 15) is 5.11 Å². The lowest BCUT2D eigenvalue weighted by Crippen LogP contribution is -2.42. The van der Waals surface area contributed by atoms with Crippen molar-refractivity contribution in [2.75, 3.05) is 6.61 Å². The second kappa shape index (κ2) is 8.44. The molecule has 1 aliphatic rings. The van der Waals surface area contributed by atoms with Crippen molar-refractivity contribution in [3.8, 4) is 0 Å². The van der Waals surface area contributed by atoms with Crippen molar-refractivity contribution < 1.29 is 5.11 Å². The summed E-state index contributed by atoms with van der Waals surface area (Å²) in [5, 5.41) is 14.8. The van der Waals surface area contributed by atoms with E-state index in [0.717, 1.165) is 17.0 Å². The number of thioether (sulfide) groups is 1.